The van der Waals surface area contributed by atoms with Crippen molar-refractivity contribution in [3.8, 4) is 0 Å². The number of hydrogen-bond donors (Lipinski definition) is 7. The molecule has 7 unspecified atom stereocenters. The number of aliphatic hydroxyl groups is 3. The van der Waals surface area contributed by atoms with Crippen molar-refractivity contribution in [3.05, 3.63) is 37.5 Å². The minimum Gasteiger partial charge on any atom is -0.394 e. The van der Waals surface area contributed by atoms with Gasteiger partial charge in [-0.2, -0.15) is 0 Å². The predicted molar refractivity (Wildman–Crippen MR) is 158 cm³/mol. The molecule has 0 aliphatic carbocycles. The number of ether oxygens (including phenoxy) is 2. The van der Waals surface area contributed by atoms with Crippen LogP contribution in [0.5, 0.6) is 0 Å². The van der Waals surface area contributed by atoms with E-state index in [4.69, 9.17) is 25.8 Å². The first kappa shape index (κ1) is 29.5. The summed E-state index contributed by atoms with van der Waals surface area (Å²) in [7, 11) is 0. The first-order valence-corrected chi connectivity index (χ1v) is 16.5. The van der Waals surface area contributed by atoms with E-state index in [1.807, 2.05) is 12.2 Å². The molecule has 0 aromatic carbocycles. The number of hydrogen-bond acceptors (Lipinski definition) is 15. The van der Waals surface area contributed by atoms with Crippen LogP contribution >= 0.6 is 6.64 Å². The van der Waals surface area contributed by atoms with E-state index >= 15 is 0 Å². The molecule has 0 radical (unpaired) electrons. The Morgan fingerprint density at radius 3 is 2.11 bits per heavy atom. The number of imidazole rings is 2. The van der Waals surface area contributed by atoms with E-state index in [1.54, 1.807) is 4.57 Å². The Labute approximate surface area is 254 Å². The molecule has 4 aromatic rings. The second kappa shape index (κ2) is 11.9. The summed E-state index contributed by atoms with van der Waals surface area (Å²) in [5.41, 5.74) is 1.82. The van der Waals surface area contributed by atoms with Crippen molar-refractivity contribution in [2.75, 3.05) is 36.9 Å². The number of anilines is 2. The topological polar surface area (TPSA) is 232 Å². The molecule has 0 spiro atoms. The highest BCUT2D eigenvalue weighted by Crippen LogP contribution is 2.44. The van der Waals surface area contributed by atoms with Crippen molar-refractivity contribution in [2.24, 2.45) is 0 Å². The third-order valence-electron chi connectivity index (χ3n) is 7.68. The fourth-order valence-corrected chi connectivity index (χ4v) is 7.28. The number of aromatic nitrogens is 8. The van der Waals surface area contributed by atoms with Gasteiger partial charge >= 0.3 is 0 Å². The van der Waals surface area contributed by atoms with E-state index in [0.29, 0.717) is 47.1 Å². The third kappa shape index (κ3) is 5.45. The molecular formula is C24H30N11O7PS. The molecule has 3 aliphatic rings. The standard InChI is InChI=1S/C24H30N11O7PS/c36-6-14-15-18(38)24(42-14)35-11-32-17-20(28-9-30-22(17)35)26-4-2-1-3-25-19-16-21(29-8-27-19)34(10-31-16)23-13(37)5-12(41-23)7-40-43(39,44)33-15/h1-2,8-15,18,23-24,36-38H,3-7H2,(H,25,27,29)(H,26,28,30)(H2,33,39,44)/b2-1+/t12?,13-,14?,15?,18?,23?,24?,43?/m1/s1. The van der Waals surface area contributed by atoms with E-state index in [0.717, 1.165) is 0 Å². The van der Waals surface area contributed by atoms with Crippen molar-refractivity contribution in [1.29, 1.82) is 0 Å². The highest BCUT2D eigenvalue weighted by Gasteiger charge is 2.47. The summed E-state index contributed by atoms with van der Waals surface area (Å²) in [4.78, 5) is 37.2. The van der Waals surface area contributed by atoms with Gasteiger partial charge in [-0.05, 0) is 11.8 Å². The Balaban J connectivity index is 1.20. The molecule has 8 atom stereocenters. The first-order valence-electron chi connectivity index (χ1n) is 13.8. The number of nitrogens with one attached hydrogen (secondary N) is 3. The fourth-order valence-electron chi connectivity index (χ4n) is 5.60. The van der Waals surface area contributed by atoms with Crippen LogP contribution in [0.4, 0.5) is 11.6 Å². The Morgan fingerprint density at radius 1 is 0.886 bits per heavy atom. The monoisotopic (exact) mass is 647 g/mol. The van der Waals surface area contributed by atoms with Gasteiger partial charge in [0.1, 0.15) is 31.0 Å². The largest absolute Gasteiger partial charge is 0.394 e. The van der Waals surface area contributed by atoms with Crippen molar-refractivity contribution in [3.63, 3.8) is 0 Å². The summed E-state index contributed by atoms with van der Waals surface area (Å²) >= 11 is 5.35. The van der Waals surface area contributed by atoms with Crippen molar-refractivity contribution in [1.82, 2.24) is 44.1 Å². The zero-order valence-electron chi connectivity index (χ0n) is 23.0. The van der Waals surface area contributed by atoms with Gasteiger partial charge in [0.15, 0.2) is 46.4 Å². The van der Waals surface area contributed by atoms with Gasteiger partial charge in [-0.1, -0.05) is 12.2 Å². The second-order valence-electron chi connectivity index (χ2n) is 10.5. The Bertz CT molecular complexity index is 1740. The number of nitrogens with zero attached hydrogens (tertiary/aromatic N) is 8. The highest BCUT2D eigenvalue weighted by molar-refractivity contribution is 8.08. The Morgan fingerprint density at radius 2 is 1.50 bits per heavy atom. The average molecular weight is 648 g/mol. The lowest BCUT2D eigenvalue weighted by molar-refractivity contribution is -0.0490. The minimum absolute atomic E-state index is 0.148. The molecule has 2 saturated heterocycles. The predicted octanol–water partition coefficient (Wildman–Crippen LogP) is -0.850. The van der Waals surface area contributed by atoms with Crippen LogP contribution in [-0.2, 0) is 25.8 Å². The van der Waals surface area contributed by atoms with E-state index in [-0.39, 0.29) is 13.0 Å². The third-order valence-corrected chi connectivity index (χ3v) is 9.43. The maximum absolute atomic E-state index is 11.3. The Hall–Kier alpha value is -3.23. The van der Waals surface area contributed by atoms with Gasteiger partial charge in [0.25, 0.3) is 6.64 Å². The normalized spacial score (nSPS) is 33.8. The first-order chi connectivity index (χ1) is 21.3. The molecule has 7 N–H and O–H groups in total. The summed E-state index contributed by atoms with van der Waals surface area (Å²) in [6.45, 7) is -3.49. The summed E-state index contributed by atoms with van der Waals surface area (Å²) in [5, 5.41) is 41.4. The highest BCUT2D eigenvalue weighted by atomic mass is 32.5. The maximum atomic E-state index is 11.3. The van der Waals surface area contributed by atoms with Gasteiger partial charge in [-0.3, -0.25) is 9.13 Å². The number of fused-ring (bicyclic) bond motifs is 6. The molecule has 12 bridgehead atoms. The van der Waals surface area contributed by atoms with E-state index in [1.165, 1.54) is 29.9 Å². The fraction of sp³-hybridized carbons (Fsp3) is 0.500. The summed E-state index contributed by atoms with van der Waals surface area (Å²) in [6.07, 6.45) is 4.20. The molecular weight excluding hydrogens is 617 g/mol. The lowest BCUT2D eigenvalue weighted by Crippen LogP contribution is -2.44. The van der Waals surface area contributed by atoms with Crippen LogP contribution in [0.15, 0.2) is 37.5 Å². The molecule has 4 aromatic heterocycles. The van der Waals surface area contributed by atoms with Crippen molar-refractivity contribution < 1.29 is 34.2 Å². The summed E-state index contributed by atoms with van der Waals surface area (Å²) in [5.74, 6) is 0.992. The molecule has 7 heterocycles. The van der Waals surface area contributed by atoms with E-state index in [9.17, 15) is 20.2 Å². The van der Waals surface area contributed by atoms with Crippen LogP contribution in [0.3, 0.4) is 0 Å². The molecule has 7 rings (SSSR count). The second-order valence-corrected chi connectivity index (χ2v) is 13.5. The summed E-state index contributed by atoms with van der Waals surface area (Å²) in [6, 6.07) is -0.990. The van der Waals surface area contributed by atoms with Gasteiger partial charge in [0, 0.05) is 19.5 Å². The average Bonchev–Trinajstić information content (AvgIpc) is 3.78. The van der Waals surface area contributed by atoms with Crippen LogP contribution in [0.2, 0.25) is 0 Å². The summed E-state index contributed by atoms with van der Waals surface area (Å²) < 4.78 is 20.9. The van der Waals surface area contributed by atoms with E-state index in [2.05, 4.69) is 45.6 Å². The lowest BCUT2D eigenvalue weighted by Gasteiger charge is -2.26. The van der Waals surface area contributed by atoms with Gasteiger partial charge in [0.2, 0.25) is 0 Å². The van der Waals surface area contributed by atoms with Gasteiger partial charge in [-0.15, -0.1) is 0 Å². The molecule has 0 amide bonds. The molecule has 234 valence electrons. The Kier molecular flexibility index (Phi) is 8.00. The van der Waals surface area contributed by atoms with E-state index < -0.39 is 56.2 Å². The van der Waals surface area contributed by atoms with Crippen LogP contribution in [-0.4, -0.2) is 116 Å². The minimum atomic E-state index is -3.74. The van der Waals surface area contributed by atoms with Crippen LogP contribution < -0.4 is 15.7 Å². The number of aliphatic hydroxyl groups excluding tert-OH is 3. The maximum Gasteiger partial charge on any atom is 0.259 e. The molecule has 2 fully saturated rings. The van der Waals surface area contributed by atoms with Gasteiger partial charge < -0.3 is 44.8 Å². The zero-order valence-corrected chi connectivity index (χ0v) is 24.7. The molecule has 0 saturated carbocycles. The van der Waals surface area contributed by atoms with Gasteiger partial charge in [-0.25, -0.2) is 35.0 Å². The van der Waals surface area contributed by atoms with Crippen molar-refractivity contribution >= 4 is 52.4 Å². The number of rotatable bonds is 1. The smallest absolute Gasteiger partial charge is 0.259 e. The quantitative estimate of drug-likeness (QED) is 0.0985. The zero-order chi connectivity index (χ0) is 30.4. The van der Waals surface area contributed by atoms with Crippen LogP contribution in [0.1, 0.15) is 18.9 Å². The SMILES string of the molecule is OCC1OC2C(O)C1NP(O)(=S)OCC1C[C@@H](O)C(O1)n1cnc3c(ncnc31)NC/C=C/CNc1ncnc3c1ncn32. The molecule has 44 heavy (non-hydrogen) atoms. The van der Waals surface area contributed by atoms with Crippen LogP contribution in [0.25, 0.3) is 22.3 Å². The molecule has 3 aliphatic heterocycles. The molecule has 18 nitrogen and oxygen atoms in total. The van der Waals surface area contributed by atoms with Crippen molar-refractivity contribution in [2.45, 2.75) is 49.3 Å². The van der Waals surface area contributed by atoms with Crippen LogP contribution in [0, 0.1) is 0 Å². The lowest BCUT2D eigenvalue weighted by atomic mass is 10.1. The van der Waals surface area contributed by atoms with Gasteiger partial charge in [0.05, 0.1) is 38.0 Å². The molecule has 20 heteroatoms.